The van der Waals surface area contributed by atoms with Gasteiger partial charge in [-0.05, 0) is 30.3 Å². The molecule has 25 heavy (non-hydrogen) atoms. The molecule has 0 amide bonds. The zero-order valence-corrected chi connectivity index (χ0v) is 14.6. The molecule has 0 radical (unpaired) electrons. The summed E-state index contributed by atoms with van der Waals surface area (Å²) < 4.78 is 42.4. The Balaban J connectivity index is 1.48. The maximum Gasteiger partial charge on any atom is 0.241 e. The highest BCUT2D eigenvalue weighted by molar-refractivity contribution is 7.89. The van der Waals surface area contributed by atoms with E-state index in [-0.39, 0.29) is 24.8 Å². The molecule has 0 atom stereocenters. The highest BCUT2D eigenvalue weighted by Crippen LogP contribution is 2.34. The average Bonchev–Trinajstić information content (AvgIpc) is 3.05. The molecule has 2 aromatic carbocycles. The second-order valence-electron chi connectivity index (χ2n) is 4.94. The fourth-order valence-corrected chi connectivity index (χ4v) is 3.27. The second-order valence-corrected chi connectivity index (χ2v) is 7.14. The summed E-state index contributed by atoms with van der Waals surface area (Å²) in [6.45, 7) is 0.295. The third kappa shape index (κ3) is 4.57. The van der Waals surface area contributed by atoms with E-state index in [1.807, 2.05) is 0 Å². The van der Waals surface area contributed by atoms with Gasteiger partial charge in [0.05, 0.1) is 11.4 Å². The Kier molecular flexibility index (Phi) is 5.34. The standard InChI is InChI=1S/C17H14ClNO5S/c18-13-4-3-5-15(10-13)25(20,21)19-8-1-2-9-22-14-6-7-16-17(11-14)24-12-23-16/h3-7,10-11,19H,8-9,12H2. The van der Waals surface area contributed by atoms with Crippen LogP contribution in [0.1, 0.15) is 0 Å². The number of hydrogen-bond acceptors (Lipinski definition) is 5. The van der Waals surface area contributed by atoms with E-state index in [9.17, 15) is 8.42 Å². The molecule has 1 N–H and O–H groups in total. The molecule has 8 heteroatoms. The summed E-state index contributed by atoms with van der Waals surface area (Å²) in [5.41, 5.74) is 0. The lowest BCUT2D eigenvalue weighted by atomic mass is 10.3. The molecular formula is C17H14ClNO5S. The van der Waals surface area contributed by atoms with Gasteiger partial charge in [0.25, 0.3) is 0 Å². The number of halogens is 1. The lowest BCUT2D eigenvalue weighted by molar-refractivity contribution is 0.174. The molecule has 1 aliphatic rings. The van der Waals surface area contributed by atoms with Crippen molar-refractivity contribution in [2.75, 3.05) is 19.9 Å². The Morgan fingerprint density at radius 2 is 1.96 bits per heavy atom. The molecule has 0 bridgehead atoms. The summed E-state index contributed by atoms with van der Waals surface area (Å²) in [5.74, 6) is 7.33. The van der Waals surface area contributed by atoms with Gasteiger partial charge in [-0.2, -0.15) is 4.72 Å². The molecule has 0 spiro atoms. The van der Waals surface area contributed by atoms with Crippen molar-refractivity contribution < 1.29 is 22.6 Å². The predicted octanol–water partition coefficient (Wildman–Crippen LogP) is 2.43. The van der Waals surface area contributed by atoms with E-state index < -0.39 is 10.0 Å². The summed E-state index contributed by atoms with van der Waals surface area (Å²) in [5, 5.41) is 0.353. The van der Waals surface area contributed by atoms with Crippen molar-refractivity contribution in [2.45, 2.75) is 4.90 Å². The maximum atomic E-state index is 12.1. The monoisotopic (exact) mass is 379 g/mol. The van der Waals surface area contributed by atoms with E-state index in [1.54, 1.807) is 30.3 Å². The smallest absolute Gasteiger partial charge is 0.241 e. The Bertz CT molecular complexity index is 934. The molecule has 0 aliphatic carbocycles. The van der Waals surface area contributed by atoms with Crippen molar-refractivity contribution in [3.8, 4) is 29.1 Å². The normalized spacial score (nSPS) is 12.4. The first-order chi connectivity index (χ1) is 12.0. The summed E-state index contributed by atoms with van der Waals surface area (Å²) in [6, 6.07) is 11.2. The first kappa shape index (κ1) is 17.4. The van der Waals surface area contributed by atoms with Gasteiger partial charge < -0.3 is 14.2 Å². The van der Waals surface area contributed by atoms with Crippen LogP contribution in [0.5, 0.6) is 17.2 Å². The van der Waals surface area contributed by atoms with Crippen molar-refractivity contribution in [3.05, 3.63) is 47.5 Å². The minimum atomic E-state index is -3.64. The lowest BCUT2D eigenvalue weighted by Gasteiger charge is -2.04. The zero-order chi connectivity index (χ0) is 17.7. The molecule has 0 saturated carbocycles. The third-order valence-corrected chi connectivity index (χ3v) is 4.87. The summed E-state index contributed by atoms with van der Waals surface area (Å²) in [4.78, 5) is 0.0957. The number of ether oxygens (including phenoxy) is 3. The van der Waals surface area contributed by atoms with Crippen molar-refractivity contribution in [1.82, 2.24) is 4.72 Å². The number of rotatable bonds is 5. The zero-order valence-electron chi connectivity index (χ0n) is 13.0. The number of hydrogen-bond donors (Lipinski definition) is 1. The quantitative estimate of drug-likeness (QED) is 0.808. The molecule has 1 aliphatic heterocycles. The molecule has 6 nitrogen and oxygen atoms in total. The molecule has 0 fully saturated rings. The summed E-state index contributed by atoms with van der Waals surface area (Å²) >= 11 is 5.79. The number of sulfonamides is 1. The molecular weight excluding hydrogens is 366 g/mol. The Labute approximate surface area is 150 Å². The predicted molar refractivity (Wildman–Crippen MR) is 92.5 cm³/mol. The minimum Gasteiger partial charge on any atom is -0.481 e. The van der Waals surface area contributed by atoms with Crippen LogP contribution in [0.2, 0.25) is 5.02 Å². The molecule has 0 saturated heterocycles. The Morgan fingerprint density at radius 3 is 2.80 bits per heavy atom. The summed E-state index contributed by atoms with van der Waals surface area (Å²) in [7, 11) is -3.64. The van der Waals surface area contributed by atoms with Crippen LogP contribution in [0.3, 0.4) is 0 Å². The molecule has 0 aromatic heterocycles. The third-order valence-electron chi connectivity index (χ3n) is 3.24. The fraction of sp³-hybridized carbons (Fsp3) is 0.176. The summed E-state index contributed by atoms with van der Waals surface area (Å²) in [6.07, 6.45) is 0. The largest absolute Gasteiger partial charge is 0.481 e. The van der Waals surface area contributed by atoms with Crippen molar-refractivity contribution in [2.24, 2.45) is 0 Å². The van der Waals surface area contributed by atoms with Crippen LogP contribution in [0.4, 0.5) is 0 Å². The van der Waals surface area contributed by atoms with E-state index in [4.69, 9.17) is 25.8 Å². The molecule has 130 valence electrons. The molecule has 0 unspecified atom stereocenters. The van der Waals surface area contributed by atoms with Gasteiger partial charge in [0.15, 0.2) is 11.5 Å². The SMILES string of the molecule is O=S(=O)(NCC#CCOc1ccc2c(c1)OCO2)c1cccc(Cl)c1. The van der Waals surface area contributed by atoms with E-state index in [0.717, 1.165) is 0 Å². The molecule has 3 rings (SSSR count). The number of benzene rings is 2. The maximum absolute atomic E-state index is 12.1. The Hall–Kier alpha value is -2.40. The van der Waals surface area contributed by atoms with Crippen LogP contribution in [-0.4, -0.2) is 28.4 Å². The van der Waals surface area contributed by atoms with Crippen molar-refractivity contribution in [1.29, 1.82) is 0 Å². The van der Waals surface area contributed by atoms with Gasteiger partial charge in [0.1, 0.15) is 12.4 Å². The van der Waals surface area contributed by atoms with Gasteiger partial charge in [-0.1, -0.05) is 29.5 Å². The lowest BCUT2D eigenvalue weighted by Crippen LogP contribution is -2.24. The van der Waals surface area contributed by atoms with Gasteiger partial charge in [0, 0.05) is 11.1 Å². The highest BCUT2D eigenvalue weighted by Gasteiger charge is 2.14. The van der Waals surface area contributed by atoms with Gasteiger partial charge in [-0.3, -0.25) is 0 Å². The van der Waals surface area contributed by atoms with Crippen molar-refractivity contribution >= 4 is 21.6 Å². The van der Waals surface area contributed by atoms with E-state index >= 15 is 0 Å². The number of nitrogens with one attached hydrogen (secondary N) is 1. The van der Waals surface area contributed by atoms with Crippen LogP contribution in [0.15, 0.2) is 47.4 Å². The van der Waals surface area contributed by atoms with Gasteiger partial charge in [0.2, 0.25) is 16.8 Å². The van der Waals surface area contributed by atoms with E-state index in [2.05, 4.69) is 16.6 Å². The van der Waals surface area contributed by atoms with Crippen LogP contribution < -0.4 is 18.9 Å². The van der Waals surface area contributed by atoms with E-state index in [1.165, 1.54) is 12.1 Å². The molecule has 2 aromatic rings. The minimum absolute atomic E-state index is 0.0284. The Morgan fingerprint density at radius 1 is 1.12 bits per heavy atom. The van der Waals surface area contributed by atoms with Crippen LogP contribution in [-0.2, 0) is 10.0 Å². The first-order valence-corrected chi connectivity index (χ1v) is 9.14. The van der Waals surface area contributed by atoms with Crippen LogP contribution >= 0.6 is 11.6 Å². The second kappa shape index (κ2) is 7.66. The molecule has 1 heterocycles. The number of fused-ring (bicyclic) bond motifs is 1. The van der Waals surface area contributed by atoms with Crippen molar-refractivity contribution in [3.63, 3.8) is 0 Å². The fourth-order valence-electron chi connectivity index (χ4n) is 2.05. The highest BCUT2D eigenvalue weighted by atomic mass is 35.5. The van der Waals surface area contributed by atoms with Gasteiger partial charge in [-0.15, -0.1) is 0 Å². The van der Waals surface area contributed by atoms with Gasteiger partial charge in [-0.25, -0.2) is 8.42 Å². The van der Waals surface area contributed by atoms with Gasteiger partial charge >= 0.3 is 0 Å². The van der Waals surface area contributed by atoms with E-state index in [0.29, 0.717) is 22.3 Å². The van der Waals surface area contributed by atoms with Crippen LogP contribution in [0, 0.1) is 11.8 Å². The average molecular weight is 380 g/mol. The first-order valence-electron chi connectivity index (χ1n) is 7.28. The van der Waals surface area contributed by atoms with Crippen LogP contribution in [0.25, 0.3) is 0 Å². The topological polar surface area (TPSA) is 73.9 Å².